The summed E-state index contributed by atoms with van der Waals surface area (Å²) in [6.07, 6.45) is -4.52. The molecule has 3 aromatic carbocycles. The molecule has 2 atom stereocenters. The van der Waals surface area contributed by atoms with Gasteiger partial charge in [0, 0.05) is 5.39 Å². The number of phenolic OH excluding ortho intramolecular Hbond substituents is 1. The van der Waals surface area contributed by atoms with Gasteiger partial charge in [0.2, 0.25) is 0 Å². The summed E-state index contributed by atoms with van der Waals surface area (Å²) >= 11 is 0. The van der Waals surface area contributed by atoms with Gasteiger partial charge in [-0.3, -0.25) is 4.79 Å². The van der Waals surface area contributed by atoms with Gasteiger partial charge >= 0.3 is 12.1 Å². The average Bonchev–Trinajstić information content (AvgIpc) is 3.20. The molecule has 0 unspecified atom stereocenters. The van der Waals surface area contributed by atoms with Gasteiger partial charge in [0.25, 0.3) is 0 Å². The minimum Gasteiger partial charge on any atom is -0.508 e. The van der Waals surface area contributed by atoms with Crippen LogP contribution in [0.1, 0.15) is 18.6 Å². The van der Waals surface area contributed by atoms with Crippen LogP contribution in [0.25, 0.3) is 16.6 Å². The van der Waals surface area contributed by atoms with Crippen LogP contribution in [0.4, 0.5) is 17.6 Å². The quantitative estimate of drug-likeness (QED) is 0.384. The molecule has 0 saturated carbocycles. The number of halogens is 4. The highest BCUT2D eigenvalue weighted by Crippen LogP contribution is 2.30. The summed E-state index contributed by atoms with van der Waals surface area (Å²) in [5.74, 6) is -2.26. The van der Waals surface area contributed by atoms with Gasteiger partial charge in [-0.15, -0.1) is 0 Å². The van der Waals surface area contributed by atoms with Crippen molar-refractivity contribution >= 4 is 16.8 Å². The highest BCUT2D eigenvalue weighted by atomic mass is 19.4. The van der Waals surface area contributed by atoms with E-state index >= 15 is 0 Å². The zero-order valence-electron chi connectivity index (χ0n) is 17.8. The van der Waals surface area contributed by atoms with Crippen molar-refractivity contribution in [2.24, 2.45) is 0 Å². The summed E-state index contributed by atoms with van der Waals surface area (Å²) in [6, 6.07) is 15.5. The van der Waals surface area contributed by atoms with Crippen molar-refractivity contribution in [1.82, 2.24) is 15.1 Å². The smallest absolute Gasteiger partial charge is 0.471 e. The van der Waals surface area contributed by atoms with Gasteiger partial charge in [-0.1, -0.05) is 12.1 Å². The van der Waals surface area contributed by atoms with Crippen molar-refractivity contribution in [3.05, 3.63) is 84.3 Å². The Morgan fingerprint density at radius 2 is 1.82 bits per heavy atom. The molecule has 1 heterocycles. The Morgan fingerprint density at radius 3 is 2.50 bits per heavy atom. The number of hydrogen-bond acceptors (Lipinski definition) is 4. The molecule has 0 radical (unpaired) electrons. The van der Waals surface area contributed by atoms with E-state index in [0.29, 0.717) is 27.9 Å². The van der Waals surface area contributed by atoms with Gasteiger partial charge in [-0.2, -0.15) is 18.3 Å². The van der Waals surface area contributed by atoms with Crippen molar-refractivity contribution in [3.63, 3.8) is 0 Å². The number of benzene rings is 3. The number of aromatic hydroxyl groups is 1. The van der Waals surface area contributed by atoms with Crippen molar-refractivity contribution in [1.29, 1.82) is 0 Å². The Morgan fingerprint density at radius 1 is 1.09 bits per heavy atom. The Kier molecular flexibility index (Phi) is 6.14. The molecule has 1 amide bonds. The summed E-state index contributed by atoms with van der Waals surface area (Å²) in [6.45, 7) is 1.38. The lowest BCUT2D eigenvalue weighted by molar-refractivity contribution is -0.174. The summed E-state index contributed by atoms with van der Waals surface area (Å²) < 4.78 is 59.2. The number of rotatable bonds is 6. The summed E-state index contributed by atoms with van der Waals surface area (Å²) in [4.78, 5) is 11.5. The fourth-order valence-electron chi connectivity index (χ4n) is 3.54. The molecule has 0 bridgehead atoms. The first-order chi connectivity index (χ1) is 16.1. The monoisotopic (exact) mass is 473 g/mol. The van der Waals surface area contributed by atoms with Gasteiger partial charge in [0.15, 0.2) is 0 Å². The van der Waals surface area contributed by atoms with Crippen LogP contribution in [0.15, 0.2) is 72.9 Å². The standard InChI is InChI=1S/C24H19F4N3O3/c1-14(30-23(33)24(26,27)28)22(15-3-2-4-19(32)11-15)34-20-9-10-21-16(12-20)13-29-31(21)18-7-5-17(25)6-8-18/h2-14,22,32H,1H3,(H,30,33)/t14-,22+/m0/s1. The Bertz CT molecular complexity index is 1320. The van der Waals surface area contributed by atoms with Crippen LogP contribution < -0.4 is 10.1 Å². The number of nitrogens with one attached hydrogen (secondary N) is 1. The van der Waals surface area contributed by atoms with E-state index in [0.717, 1.165) is 0 Å². The van der Waals surface area contributed by atoms with E-state index < -0.39 is 24.2 Å². The molecule has 0 aliphatic carbocycles. The second-order valence-corrected chi connectivity index (χ2v) is 7.65. The maximum absolute atomic E-state index is 13.2. The molecule has 4 rings (SSSR count). The third-order valence-electron chi connectivity index (χ3n) is 5.14. The first kappa shape index (κ1) is 23.1. The third-order valence-corrected chi connectivity index (χ3v) is 5.14. The van der Waals surface area contributed by atoms with E-state index in [4.69, 9.17) is 4.74 Å². The van der Waals surface area contributed by atoms with Crippen LogP contribution in [0.2, 0.25) is 0 Å². The molecule has 0 saturated heterocycles. The maximum Gasteiger partial charge on any atom is 0.471 e. The number of amides is 1. The zero-order chi connectivity index (χ0) is 24.5. The fraction of sp³-hybridized carbons (Fsp3) is 0.167. The average molecular weight is 473 g/mol. The topological polar surface area (TPSA) is 76.4 Å². The Balaban J connectivity index is 1.64. The number of aromatic nitrogens is 2. The molecule has 4 aromatic rings. The minimum absolute atomic E-state index is 0.100. The molecular weight excluding hydrogens is 454 g/mol. The van der Waals surface area contributed by atoms with Crippen LogP contribution >= 0.6 is 0 Å². The van der Waals surface area contributed by atoms with E-state index in [-0.39, 0.29) is 11.6 Å². The van der Waals surface area contributed by atoms with Crippen LogP contribution in [-0.2, 0) is 4.79 Å². The highest BCUT2D eigenvalue weighted by molar-refractivity contribution is 5.82. The fourth-order valence-corrected chi connectivity index (χ4v) is 3.54. The third kappa shape index (κ3) is 4.95. The van der Waals surface area contributed by atoms with Crippen LogP contribution in [-0.4, -0.2) is 33.0 Å². The lowest BCUT2D eigenvalue weighted by Gasteiger charge is -2.27. The van der Waals surface area contributed by atoms with E-state index in [1.165, 1.54) is 37.3 Å². The normalized spacial score (nSPS) is 13.4. The van der Waals surface area contributed by atoms with Gasteiger partial charge in [-0.05, 0) is 67.1 Å². The first-order valence-corrected chi connectivity index (χ1v) is 10.2. The van der Waals surface area contributed by atoms with Crippen LogP contribution in [0, 0.1) is 5.82 Å². The molecule has 0 aliphatic heterocycles. The first-order valence-electron chi connectivity index (χ1n) is 10.2. The molecule has 34 heavy (non-hydrogen) atoms. The second kappa shape index (κ2) is 9.05. The number of phenols is 1. The molecule has 10 heteroatoms. The van der Waals surface area contributed by atoms with Gasteiger partial charge in [0.05, 0.1) is 23.4 Å². The van der Waals surface area contributed by atoms with Gasteiger partial charge in [-0.25, -0.2) is 9.07 Å². The number of nitrogens with zero attached hydrogens (tertiary/aromatic N) is 2. The van der Waals surface area contributed by atoms with E-state index in [2.05, 4.69) is 5.10 Å². The molecule has 0 spiro atoms. The zero-order valence-corrected chi connectivity index (χ0v) is 17.8. The van der Waals surface area contributed by atoms with Crippen molar-refractivity contribution in [2.45, 2.75) is 25.2 Å². The number of carbonyl (C=O) groups excluding carboxylic acids is 1. The van der Waals surface area contributed by atoms with Crippen LogP contribution in [0.3, 0.4) is 0 Å². The van der Waals surface area contributed by atoms with Gasteiger partial charge < -0.3 is 15.2 Å². The predicted octanol–water partition coefficient (Wildman–Crippen LogP) is 5.06. The molecule has 6 nitrogen and oxygen atoms in total. The van der Waals surface area contributed by atoms with Crippen molar-refractivity contribution < 1.29 is 32.2 Å². The summed E-state index contributed by atoms with van der Waals surface area (Å²) in [5.41, 5.74) is 1.72. The SMILES string of the molecule is C[C@H](NC(=O)C(F)(F)F)[C@@H](Oc1ccc2c(cnn2-c2ccc(F)cc2)c1)c1cccc(O)c1. The van der Waals surface area contributed by atoms with Crippen molar-refractivity contribution in [3.8, 4) is 17.2 Å². The van der Waals surface area contributed by atoms with E-state index in [9.17, 15) is 27.5 Å². The number of hydrogen-bond donors (Lipinski definition) is 2. The Hall–Kier alpha value is -4.08. The summed E-state index contributed by atoms with van der Waals surface area (Å²) in [7, 11) is 0. The molecule has 2 N–H and O–H groups in total. The number of alkyl halides is 3. The Labute approximate surface area is 191 Å². The van der Waals surface area contributed by atoms with E-state index in [1.54, 1.807) is 47.3 Å². The second-order valence-electron chi connectivity index (χ2n) is 7.65. The summed E-state index contributed by atoms with van der Waals surface area (Å²) in [5, 5.41) is 16.7. The van der Waals surface area contributed by atoms with Crippen LogP contribution in [0.5, 0.6) is 11.5 Å². The number of ether oxygens (including phenoxy) is 1. The molecular formula is C24H19F4N3O3. The molecule has 176 valence electrons. The minimum atomic E-state index is -5.05. The molecule has 0 fully saturated rings. The maximum atomic E-state index is 13.2. The molecule has 1 aromatic heterocycles. The predicted molar refractivity (Wildman–Crippen MR) is 116 cm³/mol. The lowest BCUT2D eigenvalue weighted by atomic mass is 10.0. The largest absolute Gasteiger partial charge is 0.508 e. The number of fused-ring (bicyclic) bond motifs is 1. The molecule has 0 aliphatic rings. The van der Waals surface area contributed by atoms with Gasteiger partial charge in [0.1, 0.15) is 23.4 Å². The van der Waals surface area contributed by atoms with Crippen molar-refractivity contribution in [2.75, 3.05) is 0 Å². The number of carbonyl (C=O) groups is 1. The highest BCUT2D eigenvalue weighted by Gasteiger charge is 2.40. The van der Waals surface area contributed by atoms with E-state index in [1.807, 2.05) is 5.32 Å². The lowest BCUT2D eigenvalue weighted by Crippen LogP contribution is -2.45.